The van der Waals surface area contributed by atoms with Gasteiger partial charge in [-0.15, -0.1) is 5.10 Å². The molecule has 5 rings (SSSR count). The van der Waals surface area contributed by atoms with E-state index in [2.05, 4.69) is 21.1 Å². The van der Waals surface area contributed by atoms with Crippen LogP contribution < -0.4 is 5.56 Å². The Labute approximate surface area is 186 Å². The van der Waals surface area contributed by atoms with Gasteiger partial charge >= 0.3 is 0 Å². The van der Waals surface area contributed by atoms with Gasteiger partial charge in [0.2, 0.25) is 5.78 Å². The smallest absolute Gasteiger partial charge is 0.275 e. The Balaban J connectivity index is 1.37. The number of aromatic amines is 1. The number of allylic oxidation sites excluding steroid dienone is 4. The van der Waals surface area contributed by atoms with E-state index in [1.807, 2.05) is 17.1 Å². The van der Waals surface area contributed by atoms with Crippen LogP contribution in [0.25, 0.3) is 11.4 Å². The summed E-state index contributed by atoms with van der Waals surface area (Å²) in [6, 6.07) is 1.48. The molecule has 170 valence electrons. The van der Waals surface area contributed by atoms with Crippen molar-refractivity contribution in [3.8, 4) is 0 Å². The number of morpholine rings is 1. The Bertz CT molecular complexity index is 1100. The molecule has 0 spiro atoms. The highest BCUT2D eigenvalue weighted by Gasteiger charge is 2.43. The number of hydrogen-bond acceptors (Lipinski definition) is 6. The number of hydrogen-bond donors (Lipinski definition) is 1. The van der Waals surface area contributed by atoms with Crippen LogP contribution in [0.3, 0.4) is 0 Å². The fourth-order valence-corrected chi connectivity index (χ4v) is 4.75. The van der Waals surface area contributed by atoms with Crippen molar-refractivity contribution in [2.45, 2.75) is 57.2 Å². The number of rotatable bonds is 5. The second-order valence-corrected chi connectivity index (χ2v) is 8.71. The Morgan fingerprint density at radius 3 is 2.78 bits per heavy atom. The Morgan fingerprint density at radius 1 is 1.22 bits per heavy atom. The van der Waals surface area contributed by atoms with Gasteiger partial charge in [0, 0.05) is 24.8 Å². The largest absolute Gasteiger partial charge is 0.378 e. The Kier molecular flexibility index (Phi) is 5.93. The number of amides is 1. The fourth-order valence-electron chi connectivity index (χ4n) is 4.75. The van der Waals surface area contributed by atoms with Gasteiger partial charge in [-0.2, -0.15) is 9.50 Å². The van der Waals surface area contributed by atoms with E-state index in [0.29, 0.717) is 56.4 Å². The average molecular weight is 440 g/mol. The van der Waals surface area contributed by atoms with Crippen LogP contribution >= 0.6 is 0 Å². The quantitative estimate of drug-likeness (QED) is 0.767. The van der Waals surface area contributed by atoms with E-state index in [-0.39, 0.29) is 18.1 Å². The number of carbonyl (C=O) groups excluding carboxylic acids is 1. The maximum Gasteiger partial charge on any atom is 0.275 e. The SMILES string of the molecule is O=C(N1CCOCC1)C1(OCc2cc(=O)n3nc(C4=CC=CCC4)nc3[nH]2)CCCCC1. The highest BCUT2D eigenvalue weighted by molar-refractivity contribution is 5.85. The molecule has 0 radical (unpaired) electrons. The van der Waals surface area contributed by atoms with E-state index in [1.54, 1.807) is 0 Å². The minimum atomic E-state index is -0.837. The molecule has 2 aliphatic carbocycles. The van der Waals surface area contributed by atoms with E-state index >= 15 is 0 Å². The van der Waals surface area contributed by atoms with E-state index in [0.717, 1.165) is 37.7 Å². The lowest BCUT2D eigenvalue weighted by molar-refractivity contribution is -0.169. The summed E-state index contributed by atoms with van der Waals surface area (Å²) >= 11 is 0. The summed E-state index contributed by atoms with van der Waals surface area (Å²) in [5, 5.41) is 4.38. The molecule has 1 saturated heterocycles. The van der Waals surface area contributed by atoms with Crippen molar-refractivity contribution in [1.82, 2.24) is 24.5 Å². The van der Waals surface area contributed by atoms with Crippen LogP contribution in [0.1, 0.15) is 56.5 Å². The van der Waals surface area contributed by atoms with Crippen molar-refractivity contribution < 1.29 is 14.3 Å². The van der Waals surface area contributed by atoms with Gasteiger partial charge in [0.05, 0.1) is 19.8 Å². The van der Waals surface area contributed by atoms with Gasteiger partial charge in [0.15, 0.2) is 5.82 Å². The number of nitrogens with zero attached hydrogens (tertiary/aromatic N) is 4. The lowest BCUT2D eigenvalue weighted by Crippen LogP contribution is -2.54. The van der Waals surface area contributed by atoms with E-state index in [9.17, 15) is 9.59 Å². The maximum absolute atomic E-state index is 13.4. The van der Waals surface area contributed by atoms with Crippen LogP contribution in [0.2, 0.25) is 0 Å². The maximum atomic E-state index is 13.4. The van der Waals surface area contributed by atoms with Crippen molar-refractivity contribution in [2.24, 2.45) is 0 Å². The minimum Gasteiger partial charge on any atom is -0.378 e. The van der Waals surface area contributed by atoms with Gasteiger partial charge in [0.25, 0.3) is 11.5 Å². The number of nitrogens with one attached hydrogen (secondary N) is 1. The first kappa shape index (κ1) is 21.1. The van der Waals surface area contributed by atoms with Crippen LogP contribution in [0, 0.1) is 0 Å². The van der Waals surface area contributed by atoms with E-state index in [4.69, 9.17) is 9.47 Å². The second kappa shape index (κ2) is 8.99. The Morgan fingerprint density at radius 2 is 2.03 bits per heavy atom. The van der Waals surface area contributed by atoms with Crippen molar-refractivity contribution >= 4 is 17.3 Å². The number of ether oxygens (including phenoxy) is 2. The monoisotopic (exact) mass is 439 g/mol. The molecule has 0 unspecified atom stereocenters. The third kappa shape index (κ3) is 4.14. The summed E-state index contributed by atoms with van der Waals surface area (Å²) in [5.41, 5.74) is 0.509. The van der Waals surface area contributed by atoms with Gasteiger partial charge in [-0.3, -0.25) is 9.59 Å². The molecule has 2 fully saturated rings. The molecule has 1 amide bonds. The van der Waals surface area contributed by atoms with E-state index in [1.165, 1.54) is 10.6 Å². The minimum absolute atomic E-state index is 0.0472. The molecule has 1 N–H and O–H groups in total. The van der Waals surface area contributed by atoms with Gasteiger partial charge < -0.3 is 19.4 Å². The summed E-state index contributed by atoms with van der Waals surface area (Å²) in [6.45, 7) is 2.47. The summed E-state index contributed by atoms with van der Waals surface area (Å²) in [7, 11) is 0. The molecular formula is C23H29N5O4. The highest BCUT2D eigenvalue weighted by atomic mass is 16.5. The molecule has 9 nitrogen and oxygen atoms in total. The molecule has 1 aliphatic heterocycles. The topological polar surface area (TPSA) is 102 Å². The number of carbonyl (C=O) groups is 1. The molecule has 0 aromatic carbocycles. The first-order valence-electron chi connectivity index (χ1n) is 11.5. The molecule has 2 aromatic heterocycles. The van der Waals surface area contributed by atoms with Crippen LogP contribution in [0.5, 0.6) is 0 Å². The summed E-state index contributed by atoms with van der Waals surface area (Å²) in [5.74, 6) is 0.997. The van der Waals surface area contributed by atoms with Crippen LogP contribution in [0.15, 0.2) is 29.1 Å². The molecule has 9 heteroatoms. The molecule has 2 aromatic rings. The van der Waals surface area contributed by atoms with Gasteiger partial charge in [-0.05, 0) is 31.3 Å². The summed E-state index contributed by atoms with van der Waals surface area (Å²) < 4.78 is 13.0. The van der Waals surface area contributed by atoms with Crippen molar-refractivity contribution in [3.05, 3.63) is 46.2 Å². The summed E-state index contributed by atoms with van der Waals surface area (Å²) in [4.78, 5) is 35.6. The highest BCUT2D eigenvalue weighted by Crippen LogP contribution is 2.34. The van der Waals surface area contributed by atoms with Crippen molar-refractivity contribution in [2.75, 3.05) is 26.3 Å². The van der Waals surface area contributed by atoms with Crippen LogP contribution in [0.4, 0.5) is 0 Å². The molecule has 0 atom stereocenters. The van der Waals surface area contributed by atoms with E-state index < -0.39 is 5.60 Å². The normalized spacial score (nSPS) is 21.0. The Hall–Kier alpha value is -2.78. The average Bonchev–Trinajstić information content (AvgIpc) is 3.29. The lowest BCUT2D eigenvalue weighted by Gasteiger charge is -2.40. The third-order valence-corrected chi connectivity index (χ3v) is 6.54. The molecule has 32 heavy (non-hydrogen) atoms. The molecule has 1 saturated carbocycles. The number of H-pyrrole nitrogens is 1. The third-order valence-electron chi connectivity index (χ3n) is 6.54. The first-order valence-corrected chi connectivity index (χ1v) is 11.5. The van der Waals surface area contributed by atoms with Crippen LogP contribution in [-0.4, -0.2) is 62.3 Å². The number of aromatic nitrogens is 4. The zero-order chi connectivity index (χ0) is 22.0. The molecule has 0 bridgehead atoms. The van der Waals surface area contributed by atoms with Gasteiger partial charge in [-0.25, -0.2) is 0 Å². The van der Waals surface area contributed by atoms with Gasteiger partial charge in [-0.1, -0.05) is 37.5 Å². The standard InChI is InChI=1S/C23H29N5O4/c29-19-15-18(24-22-25-20(26-28(19)22)17-7-3-1-4-8-17)16-32-23(9-5-2-6-10-23)21(30)27-11-13-31-14-12-27/h1,3,7,15H,2,4-6,8-14,16H2,(H,24,25,26). The van der Waals surface area contributed by atoms with Gasteiger partial charge in [0.1, 0.15) is 5.60 Å². The zero-order valence-corrected chi connectivity index (χ0v) is 18.2. The van der Waals surface area contributed by atoms with Crippen molar-refractivity contribution in [3.63, 3.8) is 0 Å². The van der Waals surface area contributed by atoms with Crippen molar-refractivity contribution in [1.29, 1.82) is 0 Å². The number of fused-ring (bicyclic) bond motifs is 1. The molecule has 3 heterocycles. The summed E-state index contributed by atoms with van der Waals surface area (Å²) in [6.07, 6.45) is 12.3. The fraction of sp³-hybridized carbons (Fsp3) is 0.565. The second-order valence-electron chi connectivity index (χ2n) is 8.71. The molecular weight excluding hydrogens is 410 g/mol. The lowest BCUT2D eigenvalue weighted by atomic mass is 9.83. The predicted molar refractivity (Wildman–Crippen MR) is 118 cm³/mol. The van der Waals surface area contributed by atoms with Crippen LogP contribution in [-0.2, 0) is 20.9 Å². The predicted octanol–water partition coefficient (Wildman–Crippen LogP) is 2.23. The first-order chi connectivity index (χ1) is 15.6. The zero-order valence-electron chi connectivity index (χ0n) is 18.2. The molecule has 3 aliphatic rings.